The van der Waals surface area contributed by atoms with Crippen LogP contribution < -0.4 is 11.1 Å². The van der Waals surface area contributed by atoms with E-state index in [4.69, 9.17) is 5.73 Å². The van der Waals surface area contributed by atoms with E-state index in [1.165, 1.54) is 5.56 Å². The fraction of sp³-hybridized carbons (Fsp3) is 0.500. The molecular formula is C20H29N3OS. The highest BCUT2D eigenvalue weighted by atomic mass is 32.1. The Morgan fingerprint density at radius 2 is 1.80 bits per heavy atom. The number of hydrogen-bond donors (Lipinski definition) is 2. The van der Waals surface area contributed by atoms with Crippen LogP contribution in [0.4, 0.5) is 0 Å². The minimum atomic E-state index is -0.203. The Kier molecular flexibility index (Phi) is 6.36. The van der Waals surface area contributed by atoms with Crippen molar-refractivity contribution in [3.8, 4) is 0 Å². The van der Waals surface area contributed by atoms with Gasteiger partial charge in [0.2, 0.25) is 5.91 Å². The summed E-state index contributed by atoms with van der Waals surface area (Å²) in [5, 5.41) is 5.93. The minimum absolute atomic E-state index is 0.0178. The van der Waals surface area contributed by atoms with Gasteiger partial charge >= 0.3 is 0 Å². The fourth-order valence-corrected chi connectivity index (χ4v) is 3.34. The molecule has 0 saturated heterocycles. The Bertz CT molecular complexity index is 698. The number of thiazole rings is 1. The first-order valence-corrected chi connectivity index (χ1v) is 9.62. The molecule has 2 rings (SSSR count). The molecule has 1 aromatic heterocycles. The highest BCUT2D eigenvalue weighted by Gasteiger charge is 2.19. The van der Waals surface area contributed by atoms with Crippen LogP contribution in [0.3, 0.4) is 0 Å². The smallest absolute Gasteiger partial charge is 0.226 e. The standard InChI is InChI=1S/C20H29N3OS/c1-13(2)14-6-8-15(9-7-14)17(21)11-22-18(24)10-16-12-25-19(23-16)20(3,4)5/h6-9,12-13,17H,10-11,21H2,1-5H3,(H,22,24). The van der Waals surface area contributed by atoms with Gasteiger partial charge < -0.3 is 11.1 Å². The molecule has 3 N–H and O–H groups in total. The van der Waals surface area contributed by atoms with E-state index in [1.54, 1.807) is 11.3 Å². The molecule has 0 radical (unpaired) electrons. The highest BCUT2D eigenvalue weighted by Crippen LogP contribution is 2.25. The van der Waals surface area contributed by atoms with Gasteiger partial charge in [-0.1, -0.05) is 58.9 Å². The lowest BCUT2D eigenvalue weighted by Gasteiger charge is -2.15. The second kappa shape index (κ2) is 8.11. The van der Waals surface area contributed by atoms with Crippen LogP contribution in [-0.2, 0) is 16.6 Å². The van der Waals surface area contributed by atoms with Crippen molar-refractivity contribution in [2.45, 2.75) is 58.4 Å². The summed E-state index contributed by atoms with van der Waals surface area (Å²) in [6, 6.07) is 8.09. The quantitative estimate of drug-likeness (QED) is 0.821. The topological polar surface area (TPSA) is 68.0 Å². The number of benzene rings is 1. The summed E-state index contributed by atoms with van der Waals surface area (Å²) >= 11 is 1.61. The summed E-state index contributed by atoms with van der Waals surface area (Å²) in [6.45, 7) is 11.1. The number of amides is 1. The Hall–Kier alpha value is -1.72. The zero-order valence-corrected chi connectivity index (χ0v) is 16.6. The van der Waals surface area contributed by atoms with Crippen LogP contribution in [0.5, 0.6) is 0 Å². The summed E-state index contributed by atoms with van der Waals surface area (Å²) < 4.78 is 0. The van der Waals surface area contributed by atoms with Crippen LogP contribution in [0.25, 0.3) is 0 Å². The van der Waals surface area contributed by atoms with Gasteiger partial charge in [0, 0.05) is 23.4 Å². The molecule has 0 spiro atoms. The molecule has 4 nitrogen and oxygen atoms in total. The van der Waals surface area contributed by atoms with Crippen molar-refractivity contribution in [1.82, 2.24) is 10.3 Å². The minimum Gasteiger partial charge on any atom is -0.354 e. The first-order valence-electron chi connectivity index (χ1n) is 8.74. The molecule has 5 heteroatoms. The zero-order valence-electron chi connectivity index (χ0n) is 15.8. The summed E-state index contributed by atoms with van der Waals surface area (Å²) in [5.41, 5.74) is 9.36. The maximum atomic E-state index is 12.1. The maximum absolute atomic E-state index is 12.1. The van der Waals surface area contributed by atoms with Gasteiger partial charge in [-0.05, 0) is 17.0 Å². The first-order chi connectivity index (χ1) is 11.7. The number of nitrogens with one attached hydrogen (secondary N) is 1. The van der Waals surface area contributed by atoms with Crippen LogP contribution in [0.2, 0.25) is 0 Å². The lowest BCUT2D eigenvalue weighted by Crippen LogP contribution is -2.33. The number of carbonyl (C=O) groups excluding carboxylic acids is 1. The number of hydrogen-bond acceptors (Lipinski definition) is 4. The highest BCUT2D eigenvalue weighted by molar-refractivity contribution is 7.09. The molecule has 0 saturated carbocycles. The van der Waals surface area contributed by atoms with E-state index in [-0.39, 0.29) is 17.4 Å². The number of carbonyl (C=O) groups is 1. The van der Waals surface area contributed by atoms with Gasteiger partial charge in [-0.3, -0.25) is 4.79 Å². The molecule has 1 atom stereocenters. The molecular weight excluding hydrogens is 330 g/mol. The molecule has 0 aliphatic heterocycles. The van der Waals surface area contributed by atoms with Crippen LogP contribution in [0.15, 0.2) is 29.6 Å². The Labute approximate surface area is 154 Å². The van der Waals surface area contributed by atoms with Crippen molar-refractivity contribution in [1.29, 1.82) is 0 Å². The Balaban J connectivity index is 1.85. The van der Waals surface area contributed by atoms with Gasteiger partial charge in [0.1, 0.15) is 0 Å². The molecule has 2 aromatic rings. The van der Waals surface area contributed by atoms with Gasteiger partial charge in [0.25, 0.3) is 0 Å². The Morgan fingerprint density at radius 3 is 2.32 bits per heavy atom. The number of rotatable bonds is 6. The monoisotopic (exact) mass is 359 g/mol. The average molecular weight is 360 g/mol. The normalized spacial score (nSPS) is 13.1. The fourth-order valence-electron chi connectivity index (χ4n) is 2.43. The van der Waals surface area contributed by atoms with Crippen molar-refractivity contribution in [2.75, 3.05) is 6.54 Å². The summed E-state index contributed by atoms with van der Waals surface area (Å²) in [5.74, 6) is 0.459. The van der Waals surface area contributed by atoms with Gasteiger partial charge in [-0.2, -0.15) is 0 Å². The van der Waals surface area contributed by atoms with E-state index in [1.807, 2.05) is 17.5 Å². The molecule has 0 bridgehead atoms. The van der Waals surface area contributed by atoms with Gasteiger partial charge in [-0.25, -0.2) is 4.98 Å². The number of aromatic nitrogens is 1. The molecule has 25 heavy (non-hydrogen) atoms. The molecule has 1 unspecified atom stereocenters. The number of nitrogens with two attached hydrogens (primary N) is 1. The maximum Gasteiger partial charge on any atom is 0.226 e. The third-order valence-corrected chi connectivity index (χ3v) is 5.40. The third kappa shape index (κ3) is 5.65. The molecule has 0 fully saturated rings. The molecule has 1 amide bonds. The lowest BCUT2D eigenvalue weighted by molar-refractivity contribution is -0.120. The van der Waals surface area contributed by atoms with E-state index in [0.29, 0.717) is 18.9 Å². The molecule has 0 aliphatic carbocycles. The van der Waals surface area contributed by atoms with Crippen molar-refractivity contribution >= 4 is 17.2 Å². The molecule has 136 valence electrons. The first kappa shape index (κ1) is 19.6. The zero-order chi connectivity index (χ0) is 18.6. The predicted octanol–water partition coefficient (Wildman–Crippen LogP) is 3.92. The van der Waals surface area contributed by atoms with E-state index < -0.39 is 0 Å². The summed E-state index contributed by atoms with van der Waals surface area (Å²) in [4.78, 5) is 16.7. The van der Waals surface area contributed by atoms with Gasteiger partial charge in [0.05, 0.1) is 17.1 Å². The summed E-state index contributed by atoms with van der Waals surface area (Å²) in [6.07, 6.45) is 0.297. The van der Waals surface area contributed by atoms with E-state index in [0.717, 1.165) is 16.3 Å². The van der Waals surface area contributed by atoms with Crippen molar-refractivity contribution in [3.05, 3.63) is 51.5 Å². The van der Waals surface area contributed by atoms with Crippen LogP contribution in [0, 0.1) is 0 Å². The van der Waals surface area contributed by atoms with Crippen LogP contribution in [-0.4, -0.2) is 17.4 Å². The SMILES string of the molecule is CC(C)c1ccc(C(N)CNC(=O)Cc2csc(C(C)(C)C)n2)cc1. The van der Waals surface area contributed by atoms with Crippen LogP contribution >= 0.6 is 11.3 Å². The van der Waals surface area contributed by atoms with Crippen molar-refractivity contribution in [3.63, 3.8) is 0 Å². The predicted molar refractivity (Wildman–Crippen MR) is 105 cm³/mol. The second-order valence-corrected chi connectivity index (χ2v) is 8.66. The van der Waals surface area contributed by atoms with E-state index >= 15 is 0 Å². The van der Waals surface area contributed by atoms with Crippen LogP contribution in [0.1, 0.15) is 68.4 Å². The summed E-state index contributed by atoms with van der Waals surface area (Å²) in [7, 11) is 0. The van der Waals surface area contributed by atoms with Crippen molar-refractivity contribution < 1.29 is 4.79 Å². The molecule has 0 aliphatic rings. The van der Waals surface area contributed by atoms with Crippen molar-refractivity contribution in [2.24, 2.45) is 5.73 Å². The lowest BCUT2D eigenvalue weighted by atomic mass is 9.98. The largest absolute Gasteiger partial charge is 0.354 e. The second-order valence-electron chi connectivity index (χ2n) is 7.80. The van der Waals surface area contributed by atoms with Gasteiger partial charge in [0.15, 0.2) is 0 Å². The Morgan fingerprint density at radius 1 is 1.20 bits per heavy atom. The van der Waals surface area contributed by atoms with E-state index in [2.05, 4.69) is 57.1 Å². The third-order valence-electron chi connectivity index (χ3n) is 4.09. The van der Waals surface area contributed by atoms with Gasteiger partial charge in [-0.15, -0.1) is 11.3 Å². The number of nitrogens with zero attached hydrogens (tertiary/aromatic N) is 1. The average Bonchev–Trinajstić information content (AvgIpc) is 3.01. The molecule has 1 aromatic carbocycles. The van der Waals surface area contributed by atoms with E-state index in [9.17, 15) is 4.79 Å². The molecule has 1 heterocycles.